The molecule has 0 atom stereocenters. The highest BCUT2D eigenvalue weighted by atomic mass is 79.9. The van der Waals surface area contributed by atoms with Gasteiger partial charge in [0.25, 0.3) is 0 Å². The summed E-state index contributed by atoms with van der Waals surface area (Å²) in [4.78, 5) is 0. The van der Waals surface area contributed by atoms with Gasteiger partial charge in [-0.2, -0.15) is 0 Å². The SMILES string of the molecule is CCCNCc1cnnn1-c1cccc(Cl)c1Br. The largest absolute Gasteiger partial charge is 0.311 e. The fourth-order valence-electron chi connectivity index (χ4n) is 1.63. The van der Waals surface area contributed by atoms with Crippen LogP contribution in [-0.2, 0) is 6.54 Å². The zero-order valence-electron chi connectivity index (χ0n) is 10.0. The molecule has 18 heavy (non-hydrogen) atoms. The molecule has 0 spiro atoms. The molecule has 2 rings (SSSR count). The lowest BCUT2D eigenvalue weighted by Crippen LogP contribution is -2.17. The summed E-state index contributed by atoms with van der Waals surface area (Å²) in [7, 11) is 0. The van der Waals surface area contributed by atoms with Crippen LogP contribution in [0.3, 0.4) is 0 Å². The molecule has 0 bridgehead atoms. The molecule has 0 saturated heterocycles. The van der Waals surface area contributed by atoms with Gasteiger partial charge in [-0.15, -0.1) is 5.10 Å². The summed E-state index contributed by atoms with van der Waals surface area (Å²) in [5.41, 5.74) is 1.90. The molecule has 1 heterocycles. The first-order valence-electron chi connectivity index (χ1n) is 5.78. The molecule has 0 unspecified atom stereocenters. The number of nitrogens with zero attached hydrogens (tertiary/aromatic N) is 3. The topological polar surface area (TPSA) is 42.7 Å². The summed E-state index contributed by atoms with van der Waals surface area (Å²) in [5, 5.41) is 12.1. The minimum absolute atomic E-state index is 0.662. The van der Waals surface area contributed by atoms with Gasteiger partial charge in [0.2, 0.25) is 0 Å². The molecule has 96 valence electrons. The van der Waals surface area contributed by atoms with Crippen LogP contribution in [-0.4, -0.2) is 21.5 Å². The van der Waals surface area contributed by atoms with E-state index >= 15 is 0 Å². The third-order valence-electron chi connectivity index (χ3n) is 2.51. The number of hydrogen-bond acceptors (Lipinski definition) is 3. The molecule has 2 aromatic rings. The molecule has 0 aliphatic heterocycles. The van der Waals surface area contributed by atoms with E-state index < -0.39 is 0 Å². The molecule has 1 aromatic carbocycles. The minimum Gasteiger partial charge on any atom is -0.311 e. The van der Waals surface area contributed by atoms with E-state index in [1.165, 1.54) is 0 Å². The quantitative estimate of drug-likeness (QED) is 0.857. The van der Waals surface area contributed by atoms with Crippen LogP contribution in [0.1, 0.15) is 19.0 Å². The first-order valence-corrected chi connectivity index (χ1v) is 6.95. The summed E-state index contributed by atoms with van der Waals surface area (Å²) < 4.78 is 2.62. The van der Waals surface area contributed by atoms with E-state index in [-0.39, 0.29) is 0 Å². The standard InChI is InChI=1S/C12H14BrClN4/c1-2-6-15-7-9-8-16-17-18(9)11-5-3-4-10(14)12(11)13/h3-5,8,15H,2,6-7H2,1H3. The van der Waals surface area contributed by atoms with E-state index in [4.69, 9.17) is 11.6 Å². The van der Waals surface area contributed by atoms with Crippen LogP contribution in [0.15, 0.2) is 28.9 Å². The van der Waals surface area contributed by atoms with Crippen molar-refractivity contribution in [3.8, 4) is 5.69 Å². The Morgan fingerprint density at radius 1 is 1.44 bits per heavy atom. The molecule has 6 heteroatoms. The lowest BCUT2D eigenvalue weighted by atomic mass is 10.3. The summed E-state index contributed by atoms with van der Waals surface area (Å²) >= 11 is 9.56. The van der Waals surface area contributed by atoms with Crippen LogP contribution in [0.5, 0.6) is 0 Å². The van der Waals surface area contributed by atoms with Crippen molar-refractivity contribution in [1.82, 2.24) is 20.3 Å². The van der Waals surface area contributed by atoms with Crippen LogP contribution >= 0.6 is 27.5 Å². The fraction of sp³-hybridized carbons (Fsp3) is 0.333. The van der Waals surface area contributed by atoms with Crippen molar-refractivity contribution in [2.24, 2.45) is 0 Å². The monoisotopic (exact) mass is 328 g/mol. The minimum atomic E-state index is 0.662. The van der Waals surface area contributed by atoms with E-state index in [0.29, 0.717) is 5.02 Å². The van der Waals surface area contributed by atoms with Gasteiger partial charge >= 0.3 is 0 Å². The third kappa shape index (κ3) is 2.91. The second-order valence-electron chi connectivity index (χ2n) is 3.89. The maximum Gasteiger partial charge on any atom is 0.0824 e. The third-order valence-corrected chi connectivity index (χ3v) is 3.89. The zero-order chi connectivity index (χ0) is 13.0. The molecule has 1 N–H and O–H groups in total. The summed E-state index contributed by atoms with van der Waals surface area (Å²) in [6.07, 6.45) is 2.86. The summed E-state index contributed by atoms with van der Waals surface area (Å²) in [6.45, 7) is 3.85. The number of aromatic nitrogens is 3. The Morgan fingerprint density at radius 2 is 2.28 bits per heavy atom. The van der Waals surface area contributed by atoms with Gasteiger partial charge < -0.3 is 5.32 Å². The zero-order valence-corrected chi connectivity index (χ0v) is 12.4. The maximum absolute atomic E-state index is 6.09. The molecular weight excluding hydrogens is 316 g/mol. The number of hydrogen-bond donors (Lipinski definition) is 1. The first kappa shape index (κ1) is 13.5. The number of nitrogens with one attached hydrogen (secondary N) is 1. The molecule has 0 aliphatic rings. The van der Waals surface area contributed by atoms with Crippen molar-refractivity contribution in [2.45, 2.75) is 19.9 Å². The maximum atomic E-state index is 6.09. The summed E-state index contributed by atoms with van der Waals surface area (Å²) in [6, 6.07) is 5.68. The molecule has 1 aromatic heterocycles. The van der Waals surface area contributed by atoms with E-state index in [1.54, 1.807) is 10.9 Å². The van der Waals surface area contributed by atoms with Crippen molar-refractivity contribution in [3.05, 3.63) is 39.6 Å². The highest BCUT2D eigenvalue weighted by Gasteiger charge is 2.10. The van der Waals surface area contributed by atoms with Crippen molar-refractivity contribution >= 4 is 27.5 Å². The molecular formula is C12H14BrClN4. The van der Waals surface area contributed by atoms with E-state index in [1.807, 2.05) is 18.2 Å². The molecule has 0 fully saturated rings. The lowest BCUT2D eigenvalue weighted by molar-refractivity contribution is 0.640. The first-order chi connectivity index (χ1) is 8.74. The molecule has 0 saturated carbocycles. The average Bonchev–Trinajstić information content (AvgIpc) is 2.81. The van der Waals surface area contributed by atoms with Crippen molar-refractivity contribution in [1.29, 1.82) is 0 Å². The number of rotatable bonds is 5. The highest BCUT2D eigenvalue weighted by molar-refractivity contribution is 9.10. The van der Waals surface area contributed by atoms with Crippen LogP contribution < -0.4 is 5.32 Å². The van der Waals surface area contributed by atoms with E-state index in [9.17, 15) is 0 Å². The van der Waals surface area contributed by atoms with Gasteiger partial charge in [-0.25, -0.2) is 4.68 Å². The Bertz CT molecular complexity index is 527. The van der Waals surface area contributed by atoms with Gasteiger partial charge in [-0.3, -0.25) is 0 Å². The highest BCUT2D eigenvalue weighted by Crippen LogP contribution is 2.28. The van der Waals surface area contributed by atoms with Crippen LogP contribution in [0.2, 0.25) is 5.02 Å². The van der Waals surface area contributed by atoms with Crippen molar-refractivity contribution in [2.75, 3.05) is 6.54 Å². The Labute approximate surface area is 119 Å². The van der Waals surface area contributed by atoms with E-state index in [2.05, 4.69) is 38.5 Å². The van der Waals surface area contributed by atoms with Crippen LogP contribution in [0.25, 0.3) is 5.69 Å². The predicted molar refractivity (Wildman–Crippen MR) is 76.1 cm³/mol. The smallest absolute Gasteiger partial charge is 0.0824 e. The average molecular weight is 330 g/mol. The Kier molecular flexibility index (Phi) is 4.74. The van der Waals surface area contributed by atoms with Gasteiger partial charge in [0.1, 0.15) is 0 Å². The second kappa shape index (κ2) is 6.31. The molecule has 0 amide bonds. The molecule has 0 aliphatic carbocycles. The second-order valence-corrected chi connectivity index (χ2v) is 5.09. The fourth-order valence-corrected chi connectivity index (χ4v) is 2.23. The Balaban J connectivity index is 2.28. The van der Waals surface area contributed by atoms with Crippen LogP contribution in [0, 0.1) is 0 Å². The van der Waals surface area contributed by atoms with Crippen molar-refractivity contribution < 1.29 is 0 Å². The Morgan fingerprint density at radius 3 is 3.06 bits per heavy atom. The lowest BCUT2D eigenvalue weighted by Gasteiger charge is -2.09. The van der Waals surface area contributed by atoms with Gasteiger partial charge in [0.15, 0.2) is 0 Å². The Hall–Kier alpha value is -0.910. The van der Waals surface area contributed by atoms with Crippen LogP contribution in [0.4, 0.5) is 0 Å². The van der Waals surface area contributed by atoms with Gasteiger partial charge in [0.05, 0.1) is 27.1 Å². The van der Waals surface area contributed by atoms with Crippen molar-refractivity contribution in [3.63, 3.8) is 0 Å². The number of halogens is 2. The van der Waals surface area contributed by atoms with Gasteiger partial charge in [0, 0.05) is 6.54 Å². The number of benzene rings is 1. The van der Waals surface area contributed by atoms with E-state index in [0.717, 1.165) is 35.4 Å². The van der Waals surface area contributed by atoms with Gasteiger partial charge in [-0.05, 0) is 41.0 Å². The predicted octanol–water partition coefficient (Wildman–Crippen LogP) is 3.18. The van der Waals surface area contributed by atoms with Gasteiger partial charge in [-0.1, -0.05) is 29.8 Å². The summed E-state index contributed by atoms with van der Waals surface area (Å²) in [5.74, 6) is 0. The molecule has 0 radical (unpaired) electrons. The normalized spacial score (nSPS) is 10.8. The molecule has 4 nitrogen and oxygen atoms in total.